The van der Waals surface area contributed by atoms with Crippen LogP contribution in [0.25, 0.3) is 0 Å². The molecule has 4 atom stereocenters. The Morgan fingerprint density at radius 3 is 2.75 bits per heavy atom. The Labute approximate surface area is 103 Å². The number of halogens is 1. The molecule has 2 aliphatic rings. The zero-order valence-electron chi connectivity index (χ0n) is 10.5. The molecule has 0 saturated heterocycles. The molecule has 2 nitrogen and oxygen atoms in total. The number of allylic oxidation sites excluding steroid dienone is 2. The van der Waals surface area contributed by atoms with E-state index in [1.807, 2.05) is 7.05 Å². The quantitative estimate of drug-likeness (QED) is 0.708. The number of rotatable bonds is 1. The number of nitrogens with one attached hydrogen (secondary N) is 1. The van der Waals surface area contributed by atoms with Crippen LogP contribution in [0.1, 0.15) is 13.8 Å². The first-order valence-corrected chi connectivity index (χ1v) is 6.44. The molecular weight excluding hydrogens is 220 g/mol. The summed E-state index contributed by atoms with van der Waals surface area (Å²) in [4.78, 5) is 2.35. The largest absolute Gasteiger partial charge is 0.374 e. The van der Waals surface area contributed by atoms with Crippen molar-refractivity contribution in [2.75, 3.05) is 20.6 Å². The zero-order valence-corrected chi connectivity index (χ0v) is 11.3. The van der Waals surface area contributed by atoms with Gasteiger partial charge in [-0.25, -0.2) is 0 Å². The van der Waals surface area contributed by atoms with Crippen molar-refractivity contribution >= 4 is 11.6 Å². The number of nitrogens with zero attached hydrogens (tertiary/aromatic N) is 1. The molecule has 0 fully saturated rings. The summed E-state index contributed by atoms with van der Waals surface area (Å²) >= 11 is 6.34. The highest BCUT2D eigenvalue weighted by Gasteiger charge is 2.36. The third kappa shape index (κ3) is 1.78. The van der Waals surface area contributed by atoms with Gasteiger partial charge >= 0.3 is 0 Å². The van der Waals surface area contributed by atoms with Gasteiger partial charge in [-0.1, -0.05) is 19.9 Å². The fraction of sp³-hybridized carbons (Fsp3) is 0.692. The molecule has 1 N–H and O–H groups in total. The van der Waals surface area contributed by atoms with Gasteiger partial charge in [-0.2, -0.15) is 0 Å². The molecule has 2 rings (SSSR count). The van der Waals surface area contributed by atoms with E-state index in [-0.39, 0.29) is 5.38 Å². The van der Waals surface area contributed by atoms with Gasteiger partial charge in [0.25, 0.3) is 0 Å². The minimum Gasteiger partial charge on any atom is -0.374 e. The second kappa shape index (κ2) is 4.42. The van der Waals surface area contributed by atoms with Gasteiger partial charge in [0, 0.05) is 31.2 Å². The van der Waals surface area contributed by atoms with Gasteiger partial charge in [-0.15, -0.1) is 11.6 Å². The summed E-state index contributed by atoms with van der Waals surface area (Å²) in [5, 5.41) is 3.58. The Balaban J connectivity index is 2.43. The van der Waals surface area contributed by atoms with Crippen LogP contribution in [0.4, 0.5) is 0 Å². The Morgan fingerprint density at radius 2 is 2.12 bits per heavy atom. The van der Waals surface area contributed by atoms with Crippen LogP contribution in [0.5, 0.6) is 0 Å². The smallest absolute Gasteiger partial charge is 0.0583 e. The Morgan fingerprint density at radius 1 is 1.44 bits per heavy atom. The highest BCUT2D eigenvalue weighted by atomic mass is 35.5. The van der Waals surface area contributed by atoms with E-state index in [1.165, 1.54) is 11.3 Å². The SMILES string of the molecule is CNC1C2=C(C=CC(Cl)C2C)N(C)CC1C. The number of likely N-dealkylation sites (N-methyl/N-ethyl adjacent to an activating group) is 2. The van der Waals surface area contributed by atoms with Crippen LogP contribution >= 0.6 is 11.6 Å². The second-order valence-electron chi connectivity index (χ2n) is 5.06. The summed E-state index contributed by atoms with van der Waals surface area (Å²) in [7, 11) is 4.22. The molecule has 0 aromatic heterocycles. The van der Waals surface area contributed by atoms with E-state index in [0.717, 1.165) is 6.54 Å². The van der Waals surface area contributed by atoms with Gasteiger partial charge in [-0.3, -0.25) is 0 Å². The minimum atomic E-state index is 0.133. The van der Waals surface area contributed by atoms with Gasteiger partial charge in [-0.05, 0) is 24.6 Å². The summed E-state index contributed by atoms with van der Waals surface area (Å²) in [5.41, 5.74) is 2.84. The molecule has 4 unspecified atom stereocenters. The maximum Gasteiger partial charge on any atom is 0.0583 e. The fourth-order valence-corrected chi connectivity index (χ4v) is 3.23. The molecule has 0 amide bonds. The van der Waals surface area contributed by atoms with Gasteiger partial charge in [0.1, 0.15) is 0 Å². The summed E-state index contributed by atoms with van der Waals surface area (Å²) in [6, 6.07) is 0.465. The molecular formula is C13H21ClN2. The average molecular weight is 241 g/mol. The van der Waals surface area contributed by atoms with Crippen molar-refractivity contribution in [1.29, 1.82) is 0 Å². The molecule has 1 aliphatic heterocycles. The molecule has 0 radical (unpaired) electrons. The predicted molar refractivity (Wildman–Crippen MR) is 69.6 cm³/mol. The lowest BCUT2D eigenvalue weighted by molar-refractivity contribution is 0.262. The lowest BCUT2D eigenvalue weighted by Gasteiger charge is -2.43. The third-order valence-corrected chi connectivity index (χ3v) is 4.41. The highest BCUT2D eigenvalue weighted by molar-refractivity contribution is 6.22. The molecule has 0 saturated carbocycles. The van der Waals surface area contributed by atoms with Gasteiger partial charge in [0.15, 0.2) is 0 Å². The van der Waals surface area contributed by atoms with E-state index in [4.69, 9.17) is 11.6 Å². The number of hydrogen-bond acceptors (Lipinski definition) is 2. The van der Waals surface area contributed by atoms with E-state index < -0.39 is 0 Å². The van der Waals surface area contributed by atoms with Crippen LogP contribution in [-0.4, -0.2) is 37.0 Å². The molecule has 0 spiro atoms. The predicted octanol–water partition coefficient (Wildman–Crippen LogP) is 2.22. The molecule has 3 heteroatoms. The van der Waals surface area contributed by atoms with Crippen LogP contribution < -0.4 is 5.32 Å². The zero-order chi connectivity index (χ0) is 11.9. The number of alkyl halides is 1. The van der Waals surface area contributed by atoms with Crippen molar-refractivity contribution in [1.82, 2.24) is 10.2 Å². The molecule has 0 aromatic carbocycles. The van der Waals surface area contributed by atoms with Gasteiger partial charge in [0.05, 0.1) is 5.38 Å². The van der Waals surface area contributed by atoms with Crippen LogP contribution in [0, 0.1) is 11.8 Å². The lowest BCUT2D eigenvalue weighted by Crippen LogP contribution is -2.48. The van der Waals surface area contributed by atoms with Crippen LogP contribution in [0.3, 0.4) is 0 Å². The monoisotopic (exact) mass is 240 g/mol. The lowest BCUT2D eigenvalue weighted by atomic mass is 9.78. The van der Waals surface area contributed by atoms with Crippen molar-refractivity contribution < 1.29 is 0 Å². The van der Waals surface area contributed by atoms with E-state index in [2.05, 4.69) is 43.3 Å². The third-order valence-electron chi connectivity index (χ3n) is 3.89. The molecule has 0 bridgehead atoms. The summed E-state index contributed by atoms with van der Waals surface area (Å²) in [6.45, 7) is 5.64. The number of hydrogen-bond donors (Lipinski definition) is 1. The Kier molecular flexibility index (Phi) is 3.32. The molecule has 1 heterocycles. The van der Waals surface area contributed by atoms with Gasteiger partial charge < -0.3 is 10.2 Å². The molecule has 0 aromatic rings. The highest BCUT2D eigenvalue weighted by Crippen LogP contribution is 2.37. The van der Waals surface area contributed by atoms with Gasteiger partial charge in [0.2, 0.25) is 0 Å². The fourth-order valence-electron chi connectivity index (χ4n) is 3.02. The first kappa shape index (κ1) is 12.0. The van der Waals surface area contributed by atoms with E-state index in [0.29, 0.717) is 17.9 Å². The van der Waals surface area contributed by atoms with Crippen LogP contribution in [-0.2, 0) is 0 Å². The molecule has 90 valence electrons. The normalized spacial score (nSPS) is 38.9. The molecule has 16 heavy (non-hydrogen) atoms. The van der Waals surface area contributed by atoms with E-state index in [1.54, 1.807) is 0 Å². The standard InChI is InChI=1S/C13H21ClN2/c1-8-7-16(4)11-6-5-10(14)9(2)12(11)13(8)15-3/h5-6,8-10,13,15H,7H2,1-4H3. The summed E-state index contributed by atoms with van der Waals surface area (Å²) in [6.07, 6.45) is 4.30. The summed E-state index contributed by atoms with van der Waals surface area (Å²) < 4.78 is 0. The Hall–Kier alpha value is -0.470. The van der Waals surface area contributed by atoms with E-state index >= 15 is 0 Å². The summed E-state index contributed by atoms with van der Waals surface area (Å²) in [5.74, 6) is 1.05. The molecule has 1 aliphatic carbocycles. The van der Waals surface area contributed by atoms with Crippen molar-refractivity contribution in [3.05, 3.63) is 23.4 Å². The topological polar surface area (TPSA) is 15.3 Å². The Bertz CT molecular complexity index is 335. The van der Waals surface area contributed by atoms with E-state index in [9.17, 15) is 0 Å². The average Bonchev–Trinajstić information content (AvgIpc) is 2.24. The van der Waals surface area contributed by atoms with Crippen molar-refractivity contribution in [3.8, 4) is 0 Å². The van der Waals surface area contributed by atoms with Crippen molar-refractivity contribution in [2.24, 2.45) is 11.8 Å². The maximum atomic E-state index is 6.34. The maximum absolute atomic E-state index is 6.34. The second-order valence-corrected chi connectivity index (χ2v) is 5.56. The first-order chi connectivity index (χ1) is 7.56. The first-order valence-electron chi connectivity index (χ1n) is 6.01. The minimum absolute atomic E-state index is 0.133. The van der Waals surface area contributed by atoms with Crippen molar-refractivity contribution in [2.45, 2.75) is 25.3 Å². The van der Waals surface area contributed by atoms with Crippen molar-refractivity contribution in [3.63, 3.8) is 0 Å². The van der Waals surface area contributed by atoms with Crippen LogP contribution in [0.2, 0.25) is 0 Å². The van der Waals surface area contributed by atoms with Crippen LogP contribution in [0.15, 0.2) is 23.4 Å².